The molecule has 0 aliphatic rings. The first kappa shape index (κ1) is 32.8. The fourth-order valence-electron chi connectivity index (χ4n) is 3.45. The zero-order valence-electron chi connectivity index (χ0n) is 22.6. The Bertz CT molecular complexity index is 1070. The molecule has 0 radical (unpaired) electrons. The Morgan fingerprint density at radius 1 is 0.974 bits per heavy atom. The molecular weight excluding hydrogens is 508 g/mol. The lowest BCUT2D eigenvalue weighted by atomic mass is 10.0. The molecule has 0 saturated carbocycles. The standard InChI is InChI=1S/C27H38N4O8/c1-4-5-6-20(29-17(2)39-3)19-10-7-18(8-11-19)9-14-23(32)30-22(13-16-25(35)36)27(38)31-21(26(28)37)12-15-24(33)34/h6-8,10-11,21-22H,4-5,9,12-16H2,1-3H3,(H2,28,37)(H,30,32)(H,31,38)(H,33,34)(H,35,36)/b20-6+,29-17?/t21-,22?/m0/s1. The zero-order valence-corrected chi connectivity index (χ0v) is 22.6. The first-order valence-electron chi connectivity index (χ1n) is 12.7. The average Bonchev–Trinajstić information content (AvgIpc) is 2.89. The quantitative estimate of drug-likeness (QED) is 0.144. The van der Waals surface area contributed by atoms with Crippen LogP contribution in [-0.2, 0) is 35.1 Å². The molecule has 0 bridgehead atoms. The highest BCUT2D eigenvalue weighted by atomic mass is 16.5. The molecule has 214 valence electrons. The van der Waals surface area contributed by atoms with Crippen molar-refractivity contribution in [1.82, 2.24) is 10.6 Å². The number of rotatable bonds is 17. The van der Waals surface area contributed by atoms with Gasteiger partial charge in [0.15, 0.2) is 5.90 Å². The van der Waals surface area contributed by atoms with Crippen LogP contribution < -0.4 is 16.4 Å². The minimum absolute atomic E-state index is 0.0218. The third-order valence-electron chi connectivity index (χ3n) is 5.70. The maximum atomic E-state index is 12.7. The minimum atomic E-state index is -1.27. The van der Waals surface area contributed by atoms with E-state index in [1.54, 1.807) is 14.0 Å². The molecule has 0 saturated heterocycles. The molecule has 12 nitrogen and oxygen atoms in total. The Morgan fingerprint density at radius 2 is 1.56 bits per heavy atom. The fourth-order valence-corrected chi connectivity index (χ4v) is 3.45. The summed E-state index contributed by atoms with van der Waals surface area (Å²) in [5.41, 5.74) is 7.79. The van der Waals surface area contributed by atoms with Gasteiger partial charge in [-0.15, -0.1) is 0 Å². The van der Waals surface area contributed by atoms with Gasteiger partial charge < -0.3 is 31.3 Å². The van der Waals surface area contributed by atoms with Crippen molar-refractivity contribution in [2.24, 2.45) is 10.7 Å². The van der Waals surface area contributed by atoms with Gasteiger partial charge in [-0.3, -0.25) is 24.0 Å². The summed E-state index contributed by atoms with van der Waals surface area (Å²) in [5.74, 6) is -4.06. The third kappa shape index (κ3) is 13.2. The number of aliphatic imine (C=N–C) groups is 1. The van der Waals surface area contributed by atoms with E-state index in [1.807, 2.05) is 30.3 Å². The third-order valence-corrected chi connectivity index (χ3v) is 5.70. The number of carbonyl (C=O) groups is 5. The number of carboxylic acid groups (broad SMARTS) is 2. The van der Waals surface area contributed by atoms with E-state index in [1.165, 1.54) is 0 Å². The van der Waals surface area contributed by atoms with Crippen LogP contribution in [0.2, 0.25) is 0 Å². The van der Waals surface area contributed by atoms with E-state index in [4.69, 9.17) is 20.7 Å². The zero-order chi connectivity index (χ0) is 29.4. The Balaban J connectivity index is 2.86. The lowest BCUT2D eigenvalue weighted by Gasteiger charge is -2.21. The number of aryl methyl sites for hydroxylation is 1. The normalized spacial score (nSPS) is 13.2. The lowest BCUT2D eigenvalue weighted by Crippen LogP contribution is -2.53. The van der Waals surface area contributed by atoms with E-state index >= 15 is 0 Å². The molecule has 1 aromatic carbocycles. The van der Waals surface area contributed by atoms with Crippen molar-refractivity contribution in [1.29, 1.82) is 0 Å². The summed E-state index contributed by atoms with van der Waals surface area (Å²) in [5, 5.41) is 22.7. The second-order valence-electron chi connectivity index (χ2n) is 8.86. The molecule has 2 atom stereocenters. The number of primary amides is 1. The van der Waals surface area contributed by atoms with Gasteiger partial charge in [0, 0.05) is 26.2 Å². The van der Waals surface area contributed by atoms with Crippen LogP contribution in [0.25, 0.3) is 5.70 Å². The highest BCUT2D eigenvalue weighted by Gasteiger charge is 2.26. The summed E-state index contributed by atoms with van der Waals surface area (Å²) in [6.45, 7) is 3.83. The molecule has 39 heavy (non-hydrogen) atoms. The van der Waals surface area contributed by atoms with Crippen LogP contribution in [-0.4, -0.2) is 65.0 Å². The van der Waals surface area contributed by atoms with E-state index in [0.29, 0.717) is 12.3 Å². The first-order valence-corrected chi connectivity index (χ1v) is 12.7. The van der Waals surface area contributed by atoms with Crippen molar-refractivity contribution >= 4 is 41.3 Å². The van der Waals surface area contributed by atoms with Crippen molar-refractivity contribution < 1.29 is 38.9 Å². The smallest absolute Gasteiger partial charge is 0.303 e. The molecule has 3 amide bonds. The van der Waals surface area contributed by atoms with E-state index in [0.717, 1.165) is 29.7 Å². The van der Waals surface area contributed by atoms with Crippen LogP contribution in [0.5, 0.6) is 0 Å². The number of nitrogens with one attached hydrogen (secondary N) is 2. The van der Waals surface area contributed by atoms with Gasteiger partial charge in [0.05, 0.1) is 12.8 Å². The van der Waals surface area contributed by atoms with E-state index in [-0.39, 0.29) is 19.3 Å². The van der Waals surface area contributed by atoms with Crippen LogP contribution in [0.15, 0.2) is 35.3 Å². The number of unbranched alkanes of at least 4 members (excludes halogenated alkanes) is 1. The molecule has 0 aliphatic carbocycles. The number of benzene rings is 1. The molecule has 0 heterocycles. The molecule has 12 heteroatoms. The van der Waals surface area contributed by atoms with Gasteiger partial charge in [-0.05, 0) is 36.8 Å². The van der Waals surface area contributed by atoms with E-state index in [2.05, 4.69) is 22.5 Å². The summed E-state index contributed by atoms with van der Waals surface area (Å²) in [4.78, 5) is 63.3. The van der Waals surface area contributed by atoms with Gasteiger partial charge in [0.2, 0.25) is 17.7 Å². The second kappa shape index (κ2) is 17.3. The van der Waals surface area contributed by atoms with E-state index in [9.17, 15) is 24.0 Å². The summed E-state index contributed by atoms with van der Waals surface area (Å²) >= 11 is 0. The molecule has 6 N–H and O–H groups in total. The minimum Gasteiger partial charge on any atom is -0.484 e. The molecule has 0 spiro atoms. The number of methoxy groups -OCH3 is 1. The molecule has 1 unspecified atom stereocenters. The van der Waals surface area contributed by atoms with E-state index < -0.39 is 54.6 Å². The Kier molecular flexibility index (Phi) is 14.6. The van der Waals surface area contributed by atoms with Gasteiger partial charge in [-0.2, -0.15) is 0 Å². The topological polar surface area (TPSA) is 197 Å². The Labute approximate surface area is 227 Å². The Hall–Kier alpha value is -4.22. The number of hydrogen-bond donors (Lipinski definition) is 5. The van der Waals surface area contributed by atoms with Crippen molar-refractivity contribution in [3.05, 3.63) is 41.5 Å². The summed E-state index contributed by atoms with van der Waals surface area (Å²) in [6, 6.07) is 5.01. The first-order chi connectivity index (χ1) is 18.5. The maximum absolute atomic E-state index is 12.7. The van der Waals surface area contributed by atoms with Gasteiger partial charge in [-0.25, -0.2) is 4.99 Å². The molecular formula is C27H38N4O8. The lowest BCUT2D eigenvalue weighted by molar-refractivity contribution is -0.139. The predicted molar refractivity (Wildman–Crippen MR) is 145 cm³/mol. The number of nitrogens with two attached hydrogens (primary N) is 1. The second-order valence-corrected chi connectivity index (χ2v) is 8.86. The van der Waals surface area contributed by atoms with Crippen molar-refractivity contribution in [3.63, 3.8) is 0 Å². The van der Waals surface area contributed by atoms with Crippen molar-refractivity contribution in [2.45, 2.75) is 77.3 Å². The predicted octanol–water partition coefficient (Wildman–Crippen LogP) is 2.01. The number of amides is 3. The highest BCUT2D eigenvalue weighted by Crippen LogP contribution is 2.19. The molecule has 0 fully saturated rings. The number of carboxylic acids is 2. The molecule has 0 aromatic heterocycles. The van der Waals surface area contributed by atoms with Crippen LogP contribution in [0, 0.1) is 0 Å². The number of aliphatic carboxylic acids is 2. The maximum Gasteiger partial charge on any atom is 0.303 e. The molecule has 1 rings (SSSR count). The summed E-state index contributed by atoms with van der Waals surface area (Å²) < 4.78 is 5.16. The Morgan fingerprint density at radius 3 is 2.08 bits per heavy atom. The fraction of sp³-hybridized carbons (Fsp3) is 0.481. The number of hydrogen-bond acceptors (Lipinski definition) is 7. The summed E-state index contributed by atoms with van der Waals surface area (Å²) in [7, 11) is 1.55. The molecule has 1 aromatic rings. The van der Waals surface area contributed by atoms with Gasteiger partial charge in [0.1, 0.15) is 12.1 Å². The van der Waals surface area contributed by atoms with Crippen molar-refractivity contribution in [2.75, 3.05) is 7.11 Å². The van der Waals surface area contributed by atoms with Crippen LogP contribution in [0.3, 0.4) is 0 Å². The van der Waals surface area contributed by atoms with Gasteiger partial charge >= 0.3 is 11.9 Å². The average molecular weight is 547 g/mol. The number of nitrogens with zero attached hydrogens (tertiary/aromatic N) is 1. The highest BCUT2D eigenvalue weighted by molar-refractivity contribution is 5.92. The molecule has 0 aliphatic heterocycles. The number of carbonyl (C=O) groups excluding carboxylic acids is 3. The largest absolute Gasteiger partial charge is 0.484 e. The van der Waals surface area contributed by atoms with Crippen LogP contribution >= 0.6 is 0 Å². The van der Waals surface area contributed by atoms with Crippen LogP contribution in [0.4, 0.5) is 0 Å². The SMILES string of the molecule is CCC/C=C(/N=C(C)OC)c1ccc(CCC(=O)NC(CCC(=O)O)C(=O)N[C@@H](CCC(=O)O)C(N)=O)cc1. The number of allylic oxidation sites excluding steroid dienone is 1. The van der Waals surface area contributed by atoms with Gasteiger partial charge in [0.25, 0.3) is 0 Å². The number of ether oxygens (including phenoxy) is 1. The van der Waals surface area contributed by atoms with Gasteiger partial charge in [-0.1, -0.05) is 43.7 Å². The monoisotopic (exact) mass is 546 g/mol. The summed E-state index contributed by atoms with van der Waals surface area (Å²) in [6.07, 6.45) is 2.95. The van der Waals surface area contributed by atoms with Crippen LogP contribution in [0.1, 0.15) is 69.9 Å². The van der Waals surface area contributed by atoms with Crippen molar-refractivity contribution in [3.8, 4) is 0 Å².